The van der Waals surface area contributed by atoms with Gasteiger partial charge in [-0.1, -0.05) is 150 Å². The minimum atomic E-state index is -2.18. The number of imidazole rings is 1. The van der Waals surface area contributed by atoms with Crippen molar-refractivity contribution in [1.29, 1.82) is 0 Å². The van der Waals surface area contributed by atoms with E-state index in [1.165, 1.54) is 34.7 Å². The largest absolute Gasteiger partial charge is 0.456 e. The van der Waals surface area contributed by atoms with Crippen molar-refractivity contribution in [3.63, 3.8) is 0 Å². The van der Waals surface area contributed by atoms with Crippen molar-refractivity contribution in [1.82, 2.24) is 14.5 Å². The van der Waals surface area contributed by atoms with E-state index in [2.05, 4.69) is 174 Å². The van der Waals surface area contributed by atoms with Gasteiger partial charge in [-0.25, -0.2) is 0 Å². The van der Waals surface area contributed by atoms with Gasteiger partial charge in [0, 0.05) is 56.4 Å². The number of hydrogen-bond donors (Lipinski definition) is 0. The normalized spacial score (nSPS) is 12.9. The van der Waals surface area contributed by atoms with E-state index in [1.54, 1.807) is 23.5 Å². The molecule has 0 aliphatic heterocycles. The van der Waals surface area contributed by atoms with E-state index in [4.69, 9.17) is 17.6 Å². The number of rotatable bonds is 6. The first-order chi connectivity index (χ1) is 33.9. The molecular weight excluding hydrogens is 991 g/mol. The van der Waals surface area contributed by atoms with Gasteiger partial charge >= 0.3 is 0 Å². The Kier molecular flexibility index (Phi) is 9.61. The summed E-state index contributed by atoms with van der Waals surface area (Å²) in [5, 5.41) is 7.09. The Morgan fingerprint density at radius 1 is 0.585 bits per heavy atom. The quantitative estimate of drug-likeness (QED) is 0.156. The van der Waals surface area contributed by atoms with Crippen LogP contribution in [0.2, 0.25) is 0 Å². The average Bonchev–Trinajstić information content (AvgIpc) is 4.09. The van der Waals surface area contributed by atoms with Crippen LogP contribution in [0.4, 0.5) is 0 Å². The van der Waals surface area contributed by atoms with Gasteiger partial charge in [0.05, 0.1) is 22.5 Å². The van der Waals surface area contributed by atoms with Crippen molar-refractivity contribution in [3.05, 3.63) is 222 Å². The molecule has 0 unspecified atom stereocenters. The van der Waals surface area contributed by atoms with Crippen LogP contribution in [0.5, 0.6) is 0 Å². The van der Waals surface area contributed by atoms with Crippen LogP contribution in [0.15, 0.2) is 199 Å². The zero-order valence-electron chi connectivity index (χ0n) is 41.0. The molecule has 0 spiro atoms. The van der Waals surface area contributed by atoms with E-state index in [0.717, 1.165) is 88.8 Å². The van der Waals surface area contributed by atoms with E-state index in [1.807, 2.05) is 12.1 Å². The molecule has 0 aliphatic carbocycles. The second-order valence-corrected chi connectivity index (χ2v) is 16.6. The number of aryl methyl sites for hydroxylation is 3. The number of furan rings is 1. The van der Waals surface area contributed by atoms with E-state index < -0.39 is 13.7 Å². The molecule has 315 valence electrons. The zero-order valence-corrected chi connectivity index (χ0v) is 38.2. The molecule has 0 amide bonds. The Labute approximate surface area is 404 Å². The molecule has 4 heterocycles. The summed E-state index contributed by atoms with van der Waals surface area (Å²) in [5.74, 6) is 0.879. The molecule has 0 saturated heterocycles. The van der Waals surface area contributed by atoms with Gasteiger partial charge < -0.3 is 14.0 Å². The summed E-state index contributed by atoms with van der Waals surface area (Å²) in [4.78, 5) is 9.45. The summed E-state index contributed by atoms with van der Waals surface area (Å²) in [6.07, 6.45) is 1.30. The number of pyridine rings is 1. The number of hydrogen-bond acceptors (Lipinski definition) is 4. The Morgan fingerprint density at radius 3 is 1.95 bits per heavy atom. The molecule has 65 heavy (non-hydrogen) atoms. The molecule has 8 aromatic carbocycles. The summed E-state index contributed by atoms with van der Waals surface area (Å²) in [7, 11) is 0. The molecule has 6 heteroatoms. The van der Waals surface area contributed by atoms with E-state index in [9.17, 15) is 0 Å². The molecule has 4 aromatic heterocycles. The van der Waals surface area contributed by atoms with Gasteiger partial charge in [0.25, 0.3) is 0 Å². The first-order valence-corrected chi connectivity index (χ1v) is 21.8. The number of benzene rings is 8. The van der Waals surface area contributed by atoms with Crippen molar-refractivity contribution < 1.29 is 32.7 Å². The van der Waals surface area contributed by atoms with Crippen LogP contribution in [-0.2, 0) is 20.1 Å². The maximum atomic E-state index is 7.28. The summed E-state index contributed by atoms with van der Waals surface area (Å²) in [5.41, 5.74) is 15.6. The summed E-state index contributed by atoms with van der Waals surface area (Å²) in [6.45, 7) is -2.16. The summed E-state index contributed by atoms with van der Waals surface area (Å²) in [6, 6.07) is 66.4. The van der Waals surface area contributed by atoms with Crippen molar-refractivity contribution in [2.75, 3.05) is 0 Å². The molecule has 0 bridgehead atoms. The topological polar surface area (TPSA) is 43.9 Å². The Bertz CT molecular complexity index is 3750. The number of para-hydroxylation sites is 3. The van der Waals surface area contributed by atoms with Gasteiger partial charge in [0.1, 0.15) is 11.2 Å². The SMILES string of the molecule is Cc1cc(-c2ccccc2)c(-n2c(-c3[c-]sc4ccc(-c5ccc6oc7ccccc7c6c5)cc34)nc3ccccc32)c(-c2ccccc2)c1.[2H]C([2H])([2H])c1c[c-]c(-c2ccc(C([2H])([2H])[2H])cn2)cc1.[Ir]. The average molecular weight is 1040 g/mol. The van der Waals surface area contributed by atoms with Gasteiger partial charge in [-0.2, -0.15) is 0 Å². The smallest absolute Gasteiger partial charge is 0.135 e. The fraction of sp³-hybridized carbons (Fsp3) is 0.0508. The minimum Gasteiger partial charge on any atom is -0.456 e. The van der Waals surface area contributed by atoms with Crippen LogP contribution in [0.3, 0.4) is 0 Å². The fourth-order valence-electron chi connectivity index (χ4n) is 8.48. The third-order valence-corrected chi connectivity index (χ3v) is 12.4. The van der Waals surface area contributed by atoms with Gasteiger partial charge in [-0.05, 0) is 95.3 Å². The Morgan fingerprint density at radius 2 is 1.25 bits per heavy atom. The summed E-state index contributed by atoms with van der Waals surface area (Å²) < 4.78 is 53.3. The van der Waals surface area contributed by atoms with Crippen molar-refractivity contribution in [3.8, 4) is 61.7 Å². The van der Waals surface area contributed by atoms with Crippen LogP contribution in [0.25, 0.3) is 105 Å². The molecule has 4 nitrogen and oxygen atoms in total. The van der Waals surface area contributed by atoms with E-state index in [0.29, 0.717) is 11.3 Å². The van der Waals surface area contributed by atoms with Gasteiger partial charge in [-0.15, -0.1) is 40.8 Å². The third-order valence-electron chi connectivity index (χ3n) is 11.5. The van der Waals surface area contributed by atoms with Crippen molar-refractivity contribution in [2.45, 2.75) is 20.6 Å². The minimum absolute atomic E-state index is 0. The molecule has 0 atom stereocenters. The van der Waals surface area contributed by atoms with Crippen LogP contribution >= 0.6 is 11.3 Å². The second-order valence-electron chi connectivity index (χ2n) is 15.7. The molecule has 0 N–H and O–H groups in total. The Hall–Kier alpha value is -7.21. The monoisotopic (exact) mass is 1040 g/mol. The number of thiophene rings is 1. The maximum absolute atomic E-state index is 7.28. The zero-order chi connectivity index (χ0) is 48.1. The standard InChI is InChI=1S/C46H29N2OS.C13H12N.Ir/c1-29-24-35(30-12-4-2-5-13-30)45(36(25-29)31-14-6-3-7-15-31)48-41-18-10-9-17-40(41)47-46(48)39-28-50-44-23-21-33(27-38(39)44)32-20-22-43-37(26-32)34-16-8-11-19-42(34)49-43;1-10-3-6-12(7-4-10)13-8-5-11(2)9-14-13;/h2-27H,1H3;3-6,8-9H,1-2H3;/q2*-1;/i;1D3,2D3;. The maximum Gasteiger partial charge on any atom is 0.135 e. The number of fused-ring (bicyclic) bond motifs is 5. The molecule has 12 aromatic rings. The van der Waals surface area contributed by atoms with Crippen LogP contribution in [0, 0.1) is 32.1 Å². The van der Waals surface area contributed by atoms with Gasteiger partial charge in [0.15, 0.2) is 0 Å². The van der Waals surface area contributed by atoms with Crippen LogP contribution in [0.1, 0.15) is 24.9 Å². The molecule has 12 rings (SSSR count). The molecule has 0 fully saturated rings. The second kappa shape index (κ2) is 17.8. The van der Waals surface area contributed by atoms with Crippen molar-refractivity contribution >= 4 is 54.4 Å². The molecule has 0 saturated carbocycles. The predicted octanol–water partition coefficient (Wildman–Crippen LogP) is 16.1. The first kappa shape index (κ1) is 35.2. The fourth-order valence-corrected chi connectivity index (χ4v) is 9.30. The Balaban J connectivity index is 0.000000234. The van der Waals surface area contributed by atoms with Gasteiger partial charge in [-0.3, -0.25) is 16.3 Å². The first-order valence-electron chi connectivity index (χ1n) is 24.0. The number of nitrogens with zero attached hydrogens (tertiary/aromatic N) is 3. The third kappa shape index (κ3) is 8.02. The van der Waals surface area contributed by atoms with Gasteiger partial charge in [0.2, 0.25) is 0 Å². The molecule has 1 radical (unpaired) electrons. The van der Waals surface area contributed by atoms with Crippen molar-refractivity contribution in [2.24, 2.45) is 0 Å². The van der Waals surface area contributed by atoms with E-state index >= 15 is 0 Å². The van der Waals surface area contributed by atoms with E-state index in [-0.39, 0.29) is 31.2 Å². The summed E-state index contributed by atoms with van der Waals surface area (Å²) >= 11 is 1.64. The number of aromatic nitrogens is 3. The predicted molar refractivity (Wildman–Crippen MR) is 267 cm³/mol. The molecule has 0 aliphatic rings. The van der Waals surface area contributed by atoms with Crippen LogP contribution in [-0.4, -0.2) is 14.5 Å². The molecular formula is C59H41IrN3OS-2. The van der Waals surface area contributed by atoms with Crippen LogP contribution < -0.4 is 0 Å².